The fraction of sp³-hybridized carbons (Fsp3) is 0.459. The number of carbonyl (C=O) groups excluding carboxylic acids is 2. The molecule has 5 aromatic rings. The molecule has 5 heterocycles. The number of benzene rings is 1. The van der Waals surface area contributed by atoms with Crippen LogP contribution in [0.4, 0.5) is 11.8 Å². The van der Waals surface area contributed by atoms with Gasteiger partial charge in [-0.2, -0.15) is 10.2 Å². The van der Waals surface area contributed by atoms with Gasteiger partial charge in [0.25, 0.3) is 11.5 Å². The van der Waals surface area contributed by atoms with E-state index in [9.17, 15) is 24.8 Å². The molecule has 7 rings (SSSR count). The largest absolute Gasteiger partial charge is 0.372 e. The number of aromatic nitrogens is 7. The van der Waals surface area contributed by atoms with Crippen LogP contribution in [0.15, 0.2) is 60.0 Å². The quantitative estimate of drug-likeness (QED) is 0.0669. The first kappa shape index (κ1) is 40.0. The summed E-state index contributed by atoms with van der Waals surface area (Å²) in [5.74, 6) is -2.66. The zero-order valence-corrected chi connectivity index (χ0v) is 32.6. The molecule has 4 unspecified atom stereocenters. The van der Waals surface area contributed by atoms with E-state index in [0.29, 0.717) is 35.3 Å². The van der Waals surface area contributed by atoms with Crippen LogP contribution in [0.3, 0.4) is 0 Å². The topological polar surface area (TPSA) is 243 Å². The van der Waals surface area contributed by atoms with E-state index in [1.165, 1.54) is 24.3 Å². The third-order valence-corrected chi connectivity index (χ3v) is 10.5. The Morgan fingerprint density at radius 2 is 1.96 bits per heavy atom. The second kappa shape index (κ2) is 17.1. The number of imidazole rings is 1. The molecule has 1 saturated heterocycles. The van der Waals surface area contributed by atoms with Gasteiger partial charge in [-0.25, -0.2) is 15.0 Å². The molecule has 57 heavy (non-hydrogen) atoms. The number of hydrogen-bond donors (Lipinski definition) is 4. The molecule has 4 aromatic heterocycles. The Balaban J connectivity index is 1.09. The van der Waals surface area contributed by atoms with Crippen LogP contribution in [0.2, 0.25) is 0 Å². The molecule has 1 aliphatic carbocycles. The summed E-state index contributed by atoms with van der Waals surface area (Å²) in [4.78, 5) is 58.1. The van der Waals surface area contributed by atoms with Crippen molar-refractivity contribution < 1.29 is 38.2 Å². The van der Waals surface area contributed by atoms with Gasteiger partial charge in [0.05, 0.1) is 36.9 Å². The van der Waals surface area contributed by atoms with Gasteiger partial charge >= 0.3 is 0 Å². The lowest BCUT2D eigenvalue weighted by molar-refractivity contribution is -0.349. The SMILES string of the molecule is COC(C[C@@H](OP)n1cnc2c(=O)[nH]c(NC(=O)C(C)C)nc21)OC1(O)C[C@H]2O[C@@H](n3ccc4c(NC(=O)c5ccccc5)ncnc43)C[C@@H]2CC1OCCC#N. The van der Waals surface area contributed by atoms with Crippen molar-refractivity contribution in [3.63, 3.8) is 0 Å². The fourth-order valence-electron chi connectivity index (χ4n) is 7.22. The first-order valence-corrected chi connectivity index (χ1v) is 18.9. The van der Waals surface area contributed by atoms with Crippen molar-refractivity contribution in [2.45, 2.75) is 82.7 Å². The number of H-pyrrole nitrogens is 1. The van der Waals surface area contributed by atoms with Crippen LogP contribution in [0, 0.1) is 23.2 Å². The number of nitrogens with zero attached hydrogens (tertiary/aromatic N) is 7. The lowest BCUT2D eigenvalue weighted by Crippen LogP contribution is -2.56. The van der Waals surface area contributed by atoms with Crippen molar-refractivity contribution in [2.75, 3.05) is 24.4 Å². The van der Waals surface area contributed by atoms with E-state index in [4.69, 9.17) is 23.5 Å². The van der Waals surface area contributed by atoms with Crippen LogP contribution in [0.5, 0.6) is 0 Å². The fourth-order valence-corrected chi connectivity index (χ4v) is 7.46. The molecule has 1 aliphatic heterocycles. The number of nitriles is 1. The lowest BCUT2D eigenvalue weighted by atomic mass is 9.80. The molecule has 19 nitrogen and oxygen atoms in total. The molecule has 0 bridgehead atoms. The number of nitrogens with one attached hydrogen (secondary N) is 3. The summed E-state index contributed by atoms with van der Waals surface area (Å²) in [5.41, 5.74) is 0.646. The summed E-state index contributed by atoms with van der Waals surface area (Å²) in [6.07, 6.45) is 1.82. The van der Waals surface area contributed by atoms with Crippen LogP contribution in [0.25, 0.3) is 22.2 Å². The molecule has 2 aliphatic rings. The zero-order chi connectivity index (χ0) is 40.3. The van der Waals surface area contributed by atoms with Gasteiger partial charge in [-0.1, -0.05) is 32.0 Å². The molecule has 20 heteroatoms. The summed E-state index contributed by atoms with van der Waals surface area (Å²) in [7, 11) is 3.58. The molecular formula is C37H43N10O9P. The number of fused-ring (bicyclic) bond motifs is 3. The minimum absolute atomic E-state index is 0.00800. The van der Waals surface area contributed by atoms with Crippen LogP contribution < -0.4 is 16.2 Å². The highest BCUT2D eigenvalue weighted by molar-refractivity contribution is 7.09. The highest BCUT2D eigenvalue weighted by Crippen LogP contribution is 2.48. The van der Waals surface area contributed by atoms with Crippen molar-refractivity contribution in [1.29, 1.82) is 5.26 Å². The van der Waals surface area contributed by atoms with Crippen LogP contribution >= 0.6 is 9.47 Å². The third-order valence-electron chi connectivity index (χ3n) is 10.2. The standard InChI is InChI=1S/C37H43N10O9P/c1-20(2)33(48)44-36-43-32-29(35(50)45-36)41-19-47(32)27(56-57)16-28(52-3)55-37(51)17-24-22(14-25(37)53-13-7-11-38)15-26(54-24)46-12-10-23-30(39-18-40-31(23)46)42-34(49)21-8-5-4-6-9-21/h4-6,8-10,12,18-20,22,24-28,51H,7,13-17,57H2,1-3H3,(H,39,40,42,49)(H2,43,44,45,48,50)/t22-,24+,25?,26+,27+,28?,37?/m0/s1. The average molecular weight is 803 g/mol. The van der Waals surface area contributed by atoms with E-state index in [-0.39, 0.29) is 66.6 Å². The van der Waals surface area contributed by atoms with Crippen molar-refractivity contribution >= 4 is 55.2 Å². The number of hydrogen-bond acceptors (Lipinski definition) is 14. The summed E-state index contributed by atoms with van der Waals surface area (Å²) in [6, 6.07) is 12.7. The zero-order valence-electron chi connectivity index (χ0n) is 31.4. The molecular weight excluding hydrogens is 759 g/mol. The summed E-state index contributed by atoms with van der Waals surface area (Å²) in [5, 5.41) is 27.6. The minimum atomic E-state index is -1.92. The molecule has 4 N–H and O–H groups in total. The van der Waals surface area contributed by atoms with Gasteiger partial charge < -0.3 is 38.5 Å². The number of anilines is 2. The van der Waals surface area contributed by atoms with Crippen LogP contribution in [0.1, 0.15) is 68.8 Å². The van der Waals surface area contributed by atoms with E-state index in [1.807, 2.05) is 22.9 Å². The number of aromatic amines is 1. The van der Waals surface area contributed by atoms with E-state index in [2.05, 4.69) is 51.1 Å². The molecule has 0 radical (unpaired) electrons. The van der Waals surface area contributed by atoms with Gasteiger partial charge in [-0.15, -0.1) is 0 Å². The molecule has 8 atom stereocenters. The Labute approximate surface area is 328 Å². The minimum Gasteiger partial charge on any atom is -0.372 e. The smallest absolute Gasteiger partial charge is 0.280 e. The normalized spacial score (nSPS) is 23.0. The second-order valence-electron chi connectivity index (χ2n) is 14.2. The van der Waals surface area contributed by atoms with E-state index >= 15 is 0 Å². The first-order valence-electron chi connectivity index (χ1n) is 18.4. The Hall–Kier alpha value is -5.19. The number of carbonyl (C=O) groups is 2. The van der Waals surface area contributed by atoms with Gasteiger partial charge in [0.1, 0.15) is 36.4 Å². The Kier molecular flexibility index (Phi) is 12.0. The number of aliphatic hydroxyl groups is 1. The van der Waals surface area contributed by atoms with Crippen molar-refractivity contribution in [3.8, 4) is 6.07 Å². The number of methoxy groups -OCH3 is 1. The van der Waals surface area contributed by atoms with Crippen molar-refractivity contribution in [3.05, 3.63) is 71.2 Å². The molecule has 300 valence electrons. The highest BCUT2D eigenvalue weighted by Gasteiger charge is 2.54. The first-order chi connectivity index (χ1) is 27.5. The molecule has 0 spiro atoms. The summed E-state index contributed by atoms with van der Waals surface area (Å²) in [6.45, 7) is 3.49. The van der Waals surface area contributed by atoms with Crippen molar-refractivity contribution in [2.24, 2.45) is 11.8 Å². The van der Waals surface area contributed by atoms with Gasteiger partial charge in [0.15, 0.2) is 23.2 Å². The Morgan fingerprint density at radius 1 is 1.16 bits per heavy atom. The predicted octanol–water partition coefficient (Wildman–Crippen LogP) is 3.78. The van der Waals surface area contributed by atoms with Gasteiger partial charge in [-0.3, -0.25) is 29.3 Å². The van der Waals surface area contributed by atoms with Crippen LogP contribution in [-0.4, -0.2) is 89.0 Å². The maximum atomic E-state index is 12.9. The second-order valence-corrected chi connectivity index (χ2v) is 14.4. The third kappa shape index (κ3) is 8.43. The van der Waals surface area contributed by atoms with Crippen LogP contribution in [-0.2, 0) is 28.3 Å². The summed E-state index contributed by atoms with van der Waals surface area (Å²) < 4.78 is 33.8. The van der Waals surface area contributed by atoms with Gasteiger partial charge in [0, 0.05) is 47.1 Å². The molecule has 1 saturated carbocycles. The Morgan fingerprint density at radius 3 is 2.70 bits per heavy atom. The van der Waals surface area contributed by atoms with E-state index in [1.54, 1.807) is 38.1 Å². The van der Waals surface area contributed by atoms with E-state index < -0.39 is 42.3 Å². The average Bonchev–Trinajstić information content (AvgIpc) is 3.94. The maximum absolute atomic E-state index is 12.9. The number of amides is 2. The molecule has 2 amide bonds. The Bertz CT molecular complexity index is 2330. The highest BCUT2D eigenvalue weighted by atomic mass is 31.0. The van der Waals surface area contributed by atoms with Gasteiger partial charge in [-0.05, 0) is 37.0 Å². The van der Waals surface area contributed by atoms with Crippen molar-refractivity contribution in [1.82, 2.24) is 34.1 Å². The maximum Gasteiger partial charge on any atom is 0.280 e. The number of rotatable bonds is 15. The molecule has 1 aromatic carbocycles. The molecule has 2 fully saturated rings. The number of ether oxygens (including phenoxy) is 4. The predicted molar refractivity (Wildman–Crippen MR) is 206 cm³/mol. The van der Waals surface area contributed by atoms with Gasteiger partial charge in [0.2, 0.25) is 11.9 Å². The lowest BCUT2D eigenvalue weighted by Gasteiger charge is -2.44. The summed E-state index contributed by atoms with van der Waals surface area (Å²) >= 11 is 0. The van der Waals surface area contributed by atoms with E-state index in [0.717, 1.165) is 0 Å². The monoisotopic (exact) mass is 802 g/mol.